The average molecular weight is 308 g/mol. The summed E-state index contributed by atoms with van der Waals surface area (Å²) in [6, 6.07) is 4.78. The number of alkyl halides is 2. The van der Waals surface area contributed by atoms with Crippen LogP contribution in [0.2, 0.25) is 0 Å². The molecule has 20 heavy (non-hydrogen) atoms. The second-order valence-corrected chi connectivity index (χ2v) is 3.99. The summed E-state index contributed by atoms with van der Waals surface area (Å²) in [5.41, 5.74) is 1.16. The Hall–Kier alpha value is -1.58. The molecule has 0 aromatic heterocycles. The quantitative estimate of drug-likeness (QED) is 0.248. The number of benzene rings is 1. The number of ether oxygens (including phenoxy) is 1. The number of hydrogen-bond donors (Lipinski definition) is 3. The largest absolute Gasteiger partial charge is 0.434 e. The molecule has 0 fully saturated rings. The molecule has 0 aliphatic rings. The zero-order chi connectivity index (χ0) is 15.7. The Morgan fingerprint density at radius 1 is 1.40 bits per heavy atom. The van der Waals surface area contributed by atoms with E-state index in [1.807, 2.05) is 0 Å². The van der Waals surface area contributed by atoms with Gasteiger partial charge in [-0.15, -0.1) is 0 Å². The van der Waals surface area contributed by atoms with Crippen LogP contribution in [0, 0.1) is 0 Å². The molecule has 4 N–H and O–H groups in total. The maximum absolute atomic E-state index is 12.1. The van der Waals surface area contributed by atoms with E-state index in [9.17, 15) is 13.6 Å². The molecule has 0 unspecified atom stereocenters. The number of amides is 1. The fraction of sp³-hybridized carbons (Fsp3) is 0.364. The number of carbonyl (C=O) groups excluding carboxylic acids is 1. The van der Waals surface area contributed by atoms with E-state index in [2.05, 4.69) is 17.4 Å². The highest BCUT2D eigenvalue weighted by molar-refractivity contribution is 7.79. The lowest BCUT2D eigenvalue weighted by molar-refractivity contribution is -0.117. The van der Waals surface area contributed by atoms with Gasteiger partial charge in [-0.2, -0.15) is 21.4 Å². The summed E-state index contributed by atoms with van der Waals surface area (Å²) >= 11 is 4.06. The summed E-state index contributed by atoms with van der Waals surface area (Å²) in [5.74, 6) is 10.7. The standard InChI is InChI=1S/C9H12F2N2OS.C2H6N2O/c1-13(12)7-3-2-4-8(6(7)5-15)14-9(10)11;1-4(3)2-5/h2-4,9,15H,5,12H2,1H3;2H,3H2,1H3. The first-order valence-corrected chi connectivity index (χ1v) is 6.05. The number of hydrogen-bond acceptors (Lipinski definition) is 6. The minimum Gasteiger partial charge on any atom is -0.434 e. The molecule has 114 valence electrons. The number of nitrogens with zero attached hydrogens (tertiary/aromatic N) is 2. The Bertz CT molecular complexity index is 419. The Morgan fingerprint density at radius 3 is 2.30 bits per heavy atom. The zero-order valence-electron chi connectivity index (χ0n) is 11.2. The van der Waals surface area contributed by atoms with Gasteiger partial charge in [-0.05, 0) is 12.1 Å². The van der Waals surface area contributed by atoms with E-state index in [-0.39, 0.29) is 11.5 Å². The molecule has 0 spiro atoms. The third kappa shape index (κ3) is 6.55. The minimum atomic E-state index is -2.85. The van der Waals surface area contributed by atoms with Gasteiger partial charge in [-0.25, -0.2) is 11.7 Å². The summed E-state index contributed by atoms with van der Waals surface area (Å²) in [6.07, 6.45) is 0.528. The van der Waals surface area contributed by atoms with Crippen molar-refractivity contribution in [3.05, 3.63) is 23.8 Å². The molecule has 0 aliphatic carbocycles. The first-order chi connectivity index (χ1) is 9.33. The summed E-state index contributed by atoms with van der Waals surface area (Å²) in [5, 5.41) is 2.28. The van der Waals surface area contributed by atoms with Crippen LogP contribution in [0.4, 0.5) is 14.5 Å². The normalized spacial score (nSPS) is 9.60. The molecule has 9 heteroatoms. The molecule has 0 atom stereocenters. The van der Waals surface area contributed by atoms with E-state index in [4.69, 9.17) is 11.7 Å². The van der Waals surface area contributed by atoms with Crippen LogP contribution in [-0.2, 0) is 10.5 Å². The number of halogens is 2. The summed E-state index contributed by atoms with van der Waals surface area (Å²) < 4.78 is 28.5. The zero-order valence-corrected chi connectivity index (χ0v) is 12.1. The Kier molecular flexibility index (Phi) is 8.61. The minimum absolute atomic E-state index is 0.106. The number of carbonyl (C=O) groups is 1. The highest BCUT2D eigenvalue weighted by Gasteiger charge is 2.13. The van der Waals surface area contributed by atoms with E-state index >= 15 is 0 Å². The molecule has 0 saturated carbocycles. The van der Waals surface area contributed by atoms with Crippen molar-refractivity contribution in [3.63, 3.8) is 0 Å². The second-order valence-electron chi connectivity index (χ2n) is 3.67. The molecule has 1 aromatic carbocycles. The van der Waals surface area contributed by atoms with Gasteiger partial charge in [0.2, 0.25) is 6.41 Å². The van der Waals surface area contributed by atoms with Crippen molar-refractivity contribution in [3.8, 4) is 5.75 Å². The van der Waals surface area contributed by atoms with Gasteiger partial charge in [0.15, 0.2) is 0 Å². The SMILES string of the molecule is CN(N)C=O.CN(N)c1cccc(OC(F)F)c1CS. The molecule has 0 saturated heterocycles. The van der Waals surface area contributed by atoms with Crippen LogP contribution < -0.4 is 21.4 Å². The smallest absolute Gasteiger partial charge is 0.387 e. The number of rotatable bonds is 5. The van der Waals surface area contributed by atoms with Crippen LogP contribution in [0.5, 0.6) is 5.75 Å². The summed E-state index contributed by atoms with van der Waals surface area (Å²) in [7, 11) is 3.08. The van der Waals surface area contributed by atoms with E-state index in [1.54, 1.807) is 19.2 Å². The first kappa shape index (κ1) is 18.4. The van der Waals surface area contributed by atoms with Crippen LogP contribution in [0.25, 0.3) is 0 Å². The van der Waals surface area contributed by atoms with E-state index in [1.165, 1.54) is 18.1 Å². The van der Waals surface area contributed by atoms with Gasteiger partial charge in [-0.3, -0.25) is 9.80 Å². The molecule has 1 amide bonds. The van der Waals surface area contributed by atoms with Gasteiger partial charge < -0.3 is 9.75 Å². The van der Waals surface area contributed by atoms with Gasteiger partial charge in [0.1, 0.15) is 5.75 Å². The molecule has 6 nitrogen and oxygen atoms in total. The monoisotopic (exact) mass is 308 g/mol. The number of nitrogens with two attached hydrogens (primary N) is 2. The highest BCUT2D eigenvalue weighted by atomic mass is 32.1. The maximum Gasteiger partial charge on any atom is 0.387 e. The summed E-state index contributed by atoms with van der Waals surface area (Å²) in [6.45, 7) is -2.85. The fourth-order valence-electron chi connectivity index (χ4n) is 1.25. The average Bonchev–Trinajstić information content (AvgIpc) is 2.38. The van der Waals surface area contributed by atoms with Gasteiger partial charge in [0.25, 0.3) is 0 Å². The van der Waals surface area contributed by atoms with Crippen molar-refractivity contribution >= 4 is 24.7 Å². The van der Waals surface area contributed by atoms with Crippen LogP contribution in [0.3, 0.4) is 0 Å². The van der Waals surface area contributed by atoms with Gasteiger partial charge in [-0.1, -0.05) is 6.07 Å². The van der Waals surface area contributed by atoms with Crippen LogP contribution in [0.1, 0.15) is 5.56 Å². The van der Waals surface area contributed by atoms with Crippen molar-refractivity contribution in [1.29, 1.82) is 0 Å². The van der Waals surface area contributed by atoms with E-state index in [0.717, 1.165) is 5.01 Å². The molecule has 1 aromatic rings. The van der Waals surface area contributed by atoms with Crippen molar-refractivity contribution in [1.82, 2.24) is 5.01 Å². The molecular formula is C11H18F2N4O2S. The van der Waals surface area contributed by atoms with Crippen molar-refractivity contribution in [2.24, 2.45) is 11.7 Å². The van der Waals surface area contributed by atoms with Crippen LogP contribution in [-0.4, -0.2) is 32.1 Å². The van der Waals surface area contributed by atoms with Gasteiger partial charge in [0, 0.05) is 25.4 Å². The topological polar surface area (TPSA) is 84.8 Å². The predicted molar refractivity (Wildman–Crippen MR) is 76.4 cm³/mol. The van der Waals surface area contributed by atoms with E-state index in [0.29, 0.717) is 17.7 Å². The lowest BCUT2D eigenvalue weighted by Gasteiger charge is -2.18. The summed E-state index contributed by atoms with van der Waals surface area (Å²) in [4.78, 5) is 9.31. The van der Waals surface area contributed by atoms with Crippen molar-refractivity contribution in [2.75, 3.05) is 19.1 Å². The highest BCUT2D eigenvalue weighted by Crippen LogP contribution is 2.30. The van der Waals surface area contributed by atoms with Crippen molar-refractivity contribution < 1.29 is 18.3 Å². The number of thiol groups is 1. The van der Waals surface area contributed by atoms with Crippen LogP contribution >= 0.6 is 12.6 Å². The Morgan fingerprint density at radius 2 is 1.95 bits per heavy atom. The molecule has 0 heterocycles. The van der Waals surface area contributed by atoms with Gasteiger partial charge in [0.05, 0.1) is 5.69 Å². The predicted octanol–water partition coefficient (Wildman–Crippen LogP) is 0.976. The molecule has 0 bridgehead atoms. The first-order valence-electron chi connectivity index (χ1n) is 5.42. The molecule has 0 radical (unpaired) electrons. The third-order valence-corrected chi connectivity index (χ3v) is 2.34. The number of hydrazine groups is 2. The lowest BCUT2D eigenvalue weighted by atomic mass is 10.2. The Labute approximate surface area is 121 Å². The third-order valence-electron chi connectivity index (χ3n) is 2.03. The Balaban J connectivity index is 0.000000621. The number of anilines is 1. The van der Waals surface area contributed by atoms with E-state index < -0.39 is 6.61 Å². The van der Waals surface area contributed by atoms with Crippen molar-refractivity contribution in [2.45, 2.75) is 12.4 Å². The molecule has 1 rings (SSSR count). The van der Waals surface area contributed by atoms with Crippen LogP contribution in [0.15, 0.2) is 18.2 Å². The molecule has 0 aliphatic heterocycles. The van der Waals surface area contributed by atoms with Gasteiger partial charge >= 0.3 is 6.61 Å². The fourth-order valence-corrected chi connectivity index (χ4v) is 1.57. The lowest BCUT2D eigenvalue weighted by Crippen LogP contribution is -2.26. The maximum atomic E-state index is 12.1. The second kappa shape index (κ2) is 9.34. The molecular weight excluding hydrogens is 290 g/mol.